The molecule has 0 saturated carbocycles. The molecule has 1 atom stereocenters. The zero-order valence-electron chi connectivity index (χ0n) is 10.8. The standard InChI is InChI=1S/C12H19N3OS/c1-7(2)13-10-5-6-15(11(10)16)12-14-8(3)9(4)17-12/h7,10,13H,5-6H2,1-4H3. The van der Waals surface area contributed by atoms with Crippen molar-refractivity contribution in [1.29, 1.82) is 0 Å². The lowest BCUT2D eigenvalue weighted by Crippen LogP contribution is -2.41. The van der Waals surface area contributed by atoms with Gasteiger partial charge >= 0.3 is 0 Å². The molecule has 1 fully saturated rings. The third-order valence-corrected chi connectivity index (χ3v) is 4.08. The normalized spacial score (nSPS) is 20.6. The molecule has 2 rings (SSSR count). The van der Waals surface area contributed by atoms with Gasteiger partial charge in [0.1, 0.15) is 0 Å². The topological polar surface area (TPSA) is 45.2 Å². The van der Waals surface area contributed by atoms with E-state index in [9.17, 15) is 4.79 Å². The number of rotatable bonds is 3. The van der Waals surface area contributed by atoms with Crippen LogP contribution in [-0.4, -0.2) is 29.5 Å². The van der Waals surface area contributed by atoms with E-state index in [0.717, 1.165) is 23.8 Å². The Balaban J connectivity index is 2.12. The van der Waals surface area contributed by atoms with Crippen LogP contribution in [0.1, 0.15) is 30.8 Å². The SMILES string of the molecule is Cc1nc(N2CCC(NC(C)C)C2=O)sc1C. The molecular weight excluding hydrogens is 234 g/mol. The monoisotopic (exact) mass is 253 g/mol. The Bertz CT molecular complexity index is 408. The summed E-state index contributed by atoms with van der Waals surface area (Å²) in [6.07, 6.45) is 0.870. The summed E-state index contributed by atoms with van der Waals surface area (Å²) in [4.78, 5) is 19.6. The molecule has 0 bridgehead atoms. The van der Waals surface area contributed by atoms with Crippen LogP contribution in [0.25, 0.3) is 0 Å². The number of amides is 1. The van der Waals surface area contributed by atoms with Crippen LogP contribution in [-0.2, 0) is 4.79 Å². The second-order valence-corrected chi connectivity index (χ2v) is 5.97. The highest BCUT2D eigenvalue weighted by Crippen LogP contribution is 2.28. The van der Waals surface area contributed by atoms with Gasteiger partial charge < -0.3 is 5.32 Å². The van der Waals surface area contributed by atoms with Crippen LogP contribution in [0.15, 0.2) is 0 Å². The van der Waals surface area contributed by atoms with Gasteiger partial charge in [-0.25, -0.2) is 4.98 Å². The number of aromatic nitrogens is 1. The molecule has 1 saturated heterocycles. The molecule has 0 aliphatic carbocycles. The second-order valence-electron chi connectivity index (χ2n) is 4.79. The number of hydrogen-bond donors (Lipinski definition) is 1. The Morgan fingerprint density at radius 3 is 2.71 bits per heavy atom. The average Bonchev–Trinajstić information content (AvgIpc) is 2.73. The van der Waals surface area contributed by atoms with Gasteiger partial charge in [-0.1, -0.05) is 13.8 Å². The number of carbonyl (C=O) groups excluding carboxylic acids is 1. The molecule has 1 aliphatic rings. The molecule has 1 aromatic rings. The first-order valence-electron chi connectivity index (χ1n) is 6.00. The maximum absolute atomic E-state index is 12.2. The van der Waals surface area contributed by atoms with Gasteiger partial charge in [0.2, 0.25) is 5.91 Å². The molecule has 2 heterocycles. The Morgan fingerprint density at radius 1 is 1.47 bits per heavy atom. The first-order chi connectivity index (χ1) is 7.99. The lowest BCUT2D eigenvalue weighted by molar-refractivity contribution is -0.118. The fourth-order valence-corrected chi connectivity index (χ4v) is 2.94. The summed E-state index contributed by atoms with van der Waals surface area (Å²) < 4.78 is 0. The first kappa shape index (κ1) is 12.5. The van der Waals surface area contributed by atoms with E-state index in [1.165, 1.54) is 4.88 Å². The minimum Gasteiger partial charge on any atom is -0.304 e. The van der Waals surface area contributed by atoms with Crippen molar-refractivity contribution >= 4 is 22.4 Å². The number of anilines is 1. The molecule has 94 valence electrons. The van der Waals surface area contributed by atoms with E-state index in [4.69, 9.17) is 0 Å². The van der Waals surface area contributed by atoms with Crippen LogP contribution >= 0.6 is 11.3 Å². The molecule has 0 spiro atoms. The fourth-order valence-electron chi connectivity index (χ4n) is 2.00. The largest absolute Gasteiger partial charge is 0.304 e. The summed E-state index contributed by atoms with van der Waals surface area (Å²) >= 11 is 1.60. The molecule has 1 aliphatic heterocycles. The van der Waals surface area contributed by atoms with Crippen molar-refractivity contribution in [3.05, 3.63) is 10.6 Å². The Morgan fingerprint density at radius 2 is 2.18 bits per heavy atom. The summed E-state index contributed by atoms with van der Waals surface area (Å²) in [5.41, 5.74) is 1.03. The van der Waals surface area contributed by atoms with E-state index in [2.05, 4.69) is 24.1 Å². The van der Waals surface area contributed by atoms with Gasteiger partial charge in [-0.15, -0.1) is 11.3 Å². The molecule has 5 heteroatoms. The molecule has 1 amide bonds. The zero-order valence-corrected chi connectivity index (χ0v) is 11.6. The predicted octanol–water partition coefficient (Wildman–Crippen LogP) is 1.86. The number of nitrogens with one attached hydrogen (secondary N) is 1. The average molecular weight is 253 g/mol. The van der Waals surface area contributed by atoms with Gasteiger partial charge in [-0.3, -0.25) is 9.69 Å². The van der Waals surface area contributed by atoms with Crippen LogP contribution < -0.4 is 10.2 Å². The van der Waals surface area contributed by atoms with Crippen LogP contribution in [0, 0.1) is 13.8 Å². The molecule has 1 aromatic heterocycles. The summed E-state index contributed by atoms with van der Waals surface area (Å²) in [6, 6.07) is 0.295. The molecular formula is C12H19N3OS. The third kappa shape index (κ3) is 2.50. The fraction of sp³-hybridized carbons (Fsp3) is 0.667. The van der Waals surface area contributed by atoms with Gasteiger partial charge in [0.25, 0.3) is 0 Å². The van der Waals surface area contributed by atoms with Crippen LogP contribution in [0.4, 0.5) is 5.13 Å². The minimum absolute atomic E-state index is 0.0421. The lowest BCUT2D eigenvalue weighted by atomic mass is 10.2. The molecule has 0 aromatic carbocycles. The van der Waals surface area contributed by atoms with Crippen molar-refractivity contribution in [2.45, 2.75) is 46.2 Å². The maximum Gasteiger partial charge on any atom is 0.245 e. The number of nitrogens with zero attached hydrogens (tertiary/aromatic N) is 2. The van der Waals surface area contributed by atoms with E-state index in [1.54, 1.807) is 11.3 Å². The number of carbonyl (C=O) groups is 1. The van der Waals surface area contributed by atoms with Gasteiger partial charge in [-0.05, 0) is 20.3 Å². The minimum atomic E-state index is -0.0421. The second kappa shape index (κ2) is 4.74. The number of hydrogen-bond acceptors (Lipinski definition) is 4. The van der Waals surface area contributed by atoms with E-state index < -0.39 is 0 Å². The highest BCUT2D eigenvalue weighted by atomic mass is 32.1. The maximum atomic E-state index is 12.2. The summed E-state index contributed by atoms with van der Waals surface area (Å²) in [5, 5.41) is 4.14. The van der Waals surface area contributed by atoms with E-state index >= 15 is 0 Å². The highest BCUT2D eigenvalue weighted by molar-refractivity contribution is 7.15. The van der Waals surface area contributed by atoms with E-state index in [1.807, 2.05) is 18.7 Å². The van der Waals surface area contributed by atoms with Crippen LogP contribution in [0.2, 0.25) is 0 Å². The van der Waals surface area contributed by atoms with Crippen molar-refractivity contribution in [3.8, 4) is 0 Å². The van der Waals surface area contributed by atoms with Crippen molar-refractivity contribution in [2.75, 3.05) is 11.4 Å². The van der Waals surface area contributed by atoms with Crippen molar-refractivity contribution in [1.82, 2.24) is 10.3 Å². The van der Waals surface area contributed by atoms with Crippen molar-refractivity contribution in [3.63, 3.8) is 0 Å². The molecule has 1 N–H and O–H groups in total. The summed E-state index contributed by atoms with van der Waals surface area (Å²) in [6.45, 7) is 8.93. The Labute approximate surface area is 106 Å². The molecule has 4 nitrogen and oxygen atoms in total. The van der Waals surface area contributed by atoms with Gasteiger partial charge in [0, 0.05) is 17.5 Å². The molecule has 17 heavy (non-hydrogen) atoms. The highest BCUT2D eigenvalue weighted by Gasteiger charge is 2.34. The quantitative estimate of drug-likeness (QED) is 0.894. The molecule has 0 radical (unpaired) electrons. The first-order valence-corrected chi connectivity index (χ1v) is 6.82. The number of aryl methyl sites for hydroxylation is 2. The summed E-state index contributed by atoms with van der Waals surface area (Å²) in [7, 11) is 0. The van der Waals surface area contributed by atoms with Gasteiger partial charge in [0.05, 0.1) is 11.7 Å². The zero-order chi connectivity index (χ0) is 12.6. The van der Waals surface area contributed by atoms with E-state index in [-0.39, 0.29) is 11.9 Å². The van der Waals surface area contributed by atoms with Gasteiger partial charge in [-0.2, -0.15) is 0 Å². The molecule has 1 unspecified atom stereocenters. The Kier molecular flexibility index (Phi) is 3.49. The van der Waals surface area contributed by atoms with Crippen molar-refractivity contribution < 1.29 is 4.79 Å². The lowest BCUT2D eigenvalue weighted by Gasteiger charge is -2.15. The summed E-state index contributed by atoms with van der Waals surface area (Å²) in [5.74, 6) is 0.160. The van der Waals surface area contributed by atoms with E-state index in [0.29, 0.717) is 6.04 Å². The van der Waals surface area contributed by atoms with Crippen LogP contribution in [0.5, 0.6) is 0 Å². The third-order valence-electron chi connectivity index (χ3n) is 2.99. The predicted molar refractivity (Wildman–Crippen MR) is 70.6 cm³/mol. The van der Waals surface area contributed by atoms with Gasteiger partial charge in [0.15, 0.2) is 5.13 Å². The van der Waals surface area contributed by atoms with Crippen molar-refractivity contribution in [2.24, 2.45) is 0 Å². The number of thiazole rings is 1. The Hall–Kier alpha value is -0.940. The van der Waals surface area contributed by atoms with Crippen LogP contribution in [0.3, 0.4) is 0 Å². The smallest absolute Gasteiger partial charge is 0.245 e.